The summed E-state index contributed by atoms with van der Waals surface area (Å²) in [5, 5.41) is 0. The summed E-state index contributed by atoms with van der Waals surface area (Å²) in [4.78, 5) is 0. The van der Waals surface area contributed by atoms with Gasteiger partial charge < -0.3 is 37.9 Å². The van der Waals surface area contributed by atoms with Gasteiger partial charge >= 0.3 is 0 Å². The van der Waals surface area contributed by atoms with E-state index in [0.29, 0.717) is 42.7 Å². The third kappa shape index (κ3) is 55.5. The Labute approximate surface area is 475 Å². The van der Waals surface area contributed by atoms with Gasteiger partial charge in [-0.05, 0) is 192 Å². The Kier molecular flexibility index (Phi) is 47.4. The predicted molar refractivity (Wildman–Crippen MR) is 331 cm³/mol. The molecule has 4 aromatic rings. The summed E-state index contributed by atoms with van der Waals surface area (Å²) in [5.74, 6) is 0.942. The molecule has 2 saturated carbocycles. The monoisotopic (exact) mass is 1070 g/mol. The second-order valence-electron chi connectivity index (χ2n) is 22.9. The molecule has 6 rings (SSSR count). The molecule has 77 heavy (non-hydrogen) atoms. The molecule has 0 radical (unpaired) electrons. The second kappa shape index (κ2) is 48.3. The molecule has 0 aliphatic heterocycles. The molecule has 0 spiro atoms. The first-order chi connectivity index (χ1) is 36.4. The van der Waals surface area contributed by atoms with E-state index >= 15 is 0 Å². The molecule has 2 fully saturated rings. The van der Waals surface area contributed by atoms with E-state index in [1.165, 1.54) is 74.5 Å². The molecule has 0 bridgehead atoms. The lowest BCUT2D eigenvalue weighted by Crippen LogP contribution is -2.20. The molecule has 0 N–H and O–H groups in total. The van der Waals surface area contributed by atoms with E-state index in [1.807, 2.05) is 128 Å². The molecule has 1 unspecified atom stereocenters. The SMILES string of the molecule is CC(C)OC1CCCC1.CC(C)OC1CCCCC1.CC(C)OCCc1ccccc1.CC(C)OCc1ccccc1.CC(C)Oc1ccccc1.CCC(C)OCc1ccccc1.CCOC(C)(C)C.COC(C)(C)C. The molecule has 2 aliphatic carbocycles. The zero-order chi connectivity index (χ0) is 58.3. The number of ether oxygens (including phenoxy) is 8. The van der Waals surface area contributed by atoms with Crippen LogP contribution in [0, 0.1) is 0 Å². The van der Waals surface area contributed by atoms with E-state index in [4.69, 9.17) is 37.9 Å². The molecule has 0 aromatic heterocycles. The molecule has 8 heteroatoms. The van der Waals surface area contributed by atoms with Gasteiger partial charge in [-0.25, -0.2) is 0 Å². The van der Waals surface area contributed by atoms with E-state index < -0.39 is 0 Å². The summed E-state index contributed by atoms with van der Waals surface area (Å²) in [5.41, 5.74) is 3.92. The summed E-state index contributed by atoms with van der Waals surface area (Å²) >= 11 is 0. The van der Waals surface area contributed by atoms with Gasteiger partial charge in [0.05, 0.1) is 79.9 Å². The van der Waals surface area contributed by atoms with Crippen molar-refractivity contribution in [1.82, 2.24) is 0 Å². The van der Waals surface area contributed by atoms with Gasteiger partial charge in [0.2, 0.25) is 0 Å². The zero-order valence-corrected chi connectivity index (χ0v) is 53.0. The predicted octanol–water partition coefficient (Wildman–Crippen LogP) is 19.1. The number of methoxy groups -OCH3 is 1. The van der Waals surface area contributed by atoms with Crippen LogP contribution in [0.1, 0.15) is 212 Å². The molecule has 0 heterocycles. The molecular weight excluding hydrogens is 957 g/mol. The average molecular weight is 1080 g/mol. The molecule has 4 aromatic carbocycles. The van der Waals surface area contributed by atoms with Crippen LogP contribution in [0.5, 0.6) is 5.75 Å². The van der Waals surface area contributed by atoms with Crippen LogP contribution in [0.2, 0.25) is 0 Å². The largest absolute Gasteiger partial charge is 0.491 e. The van der Waals surface area contributed by atoms with Crippen molar-refractivity contribution in [3.63, 3.8) is 0 Å². The molecule has 1 atom stereocenters. The standard InChI is InChI=1S/2C11H16O.C10H14O.C9H18O.C9H12O.C8H16O.C6H14O.C5H12O/c1-10(2)12-9-8-11-6-4-3-5-7-11;1-3-10(2)12-9-11-7-5-4-6-8-11;1-9(2)11-8-10-6-4-3-5-7-10;2*1-8(2)10-9-6-4-3-5-7-9;1-7(2)9-8-5-3-4-6-8;1-5-7-6(2,3)4;1-5(2,3)6-4/h3-7,10H,8-9H2,1-2H3;4-8,10H,3,9H2,1-2H3;3-7,9H,8H2,1-2H3;8-9H,3-7H2,1-2H3;3-8H,1-2H3;7-8H,3-6H2,1-2H3;5H2,1-4H3;1-4H3. The fourth-order valence-corrected chi connectivity index (χ4v) is 7.02. The number of rotatable bonds is 18. The average Bonchev–Trinajstić information content (AvgIpc) is 3.89. The summed E-state index contributed by atoms with van der Waals surface area (Å²) < 4.78 is 43.3. The summed E-state index contributed by atoms with van der Waals surface area (Å²) in [6.07, 6.45) is 17.5. The maximum Gasteiger partial charge on any atom is 0.119 e. The lowest BCUT2D eigenvalue weighted by atomic mass is 9.98. The van der Waals surface area contributed by atoms with Gasteiger partial charge in [0, 0.05) is 13.7 Å². The van der Waals surface area contributed by atoms with Gasteiger partial charge in [0.1, 0.15) is 5.75 Å². The fourth-order valence-electron chi connectivity index (χ4n) is 7.02. The van der Waals surface area contributed by atoms with E-state index in [2.05, 4.69) is 125 Å². The van der Waals surface area contributed by atoms with E-state index in [9.17, 15) is 0 Å². The molecule has 0 saturated heterocycles. The lowest BCUT2D eigenvalue weighted by molar-refractivity contribution is -0.0118. The van der Waals surface area contributed by atoms with Gasteiger partial charge in [0.15, 0.2) is 0 Å². The van der Waals surface area contributed by atoms with Gasteiger partial charge in [-0.15, -0.1) is 0 Å². The van der Waals surface area contributed by atoms with Crippen LogP contribution >= 0.6 is 0 Å². The van der Waals surface area contributed by atoms with Crippen LogP contribution in [0.15, 0.2) is 121 Å². The first kappa shape index (κ1) is 75.5. The van der Waals surface area contributed by atoms with Gasteiger partial charge in [-0.2, -0.15) is 0 Å². The Balaban J connectivity index is 0. The van der Waals surface area contributed by atoms with E-state index in [1.54, 1.807) is 7.11 Å². The van der Waals surface area contributed by atoms with Gasteiger partial charge in [-0.1, -0.05) is 148 Å². The maximum atomic E-state index is 5.69. The van der Waals surface area contributed by atoms with Crippen molar-refractivity contribution in [2.24, 2.45) is 0 Å². The highest BCUT2D eigenvalue weighted by molar-refractivity contribution is 5.21. The normalized spacial score (nSPS) is 13.8. The smallest absolute Gasteiger partial charge is 0.119 e. The zero-order valence-electron chi connectivity index (χ0n) is 53.0. The summed E-state index contributed by atoms with van der Waals surface area (Å²) in [6, 6.07) is 40.7. The molecule has 0 amide bonds. The first-order valence-electron chi connectivity index (χ1n) is 29.6. The van der Waals surface area contributed by atoms with Crippen LogP contribution in [0.4, 0.5) is 0 Å². The molecule has 2 aliphatic rings. The number of benzene rings is 4. The Morgan fingerprint density at radius 2 is 0.792 bits per heavy atom. The number of hydrogen-bond donors (Lipinski definition) is 0. The van der Waals surface area contributed by atoms with Crippen molar-refractivity contribution in [3.8, 4) is 5.75 Å². The van der Waals surface area contributed by atoms with Crippen molar-refractivity contribution in [2.45, 2.75) is 275 Å². The van der Waals surface area contributed by atoms with E-state index in [-0.39, 0.29) is 17.3 Å². The van der Waals surface area contributed by atoms with Crippen LogP contribution in [-0.4, -0.2) is 80.4 Å². The van der Waals surface area contributed by atoms with Crippen molar-refractivity contribution in [3.05, 3.63) is 138 Å². The summed E-state index contributed by atoms with van der Waals surface area (Å²) in [6.45, 7) is 42.3. The highest BCUT2D eigenvalue weighted by Gasteiger charge is 2.16. The van der Waals surface area contributed by atoms with Crippen LogP contribution < -0.4 is 4.74 Å². The third-order valence-electron chi connectivity index (χ3n) is 11.2. The third-order valence-corrected chi connectivity index (χ3v) is 11.2. The minimum Gasteiger partial charge on any atom is -0.491 e. The highest BCUT2D eigenvalue weighted by atomic mass is 16.5. The van der Waals surface area contributed by atoms with Crippen LogP contribution in [0.25, 0.3) is 0 Å². The fraction of sp³-hybridized carbons (Fsp3) is 0.652. The Morgan fingerprint density at radius 1 is 0.429 bits per heavy atom. The Hall–Kier alpha value is -3.60. The van der Waals surface area contributed by atoms with Crippen LogP contribution in [0.3, 0.4) is 0 Å². The Morgan fingerprint density at radius 3 is 1.10 bits per heavy atom. The van der Waals surface area contributed by atoms with Crippen molar-refractivity contribution in [1.29, 1.82) is 0 Å². The van der Waals surface area contributed by atoms with Crippen LogP contribution in [-0.2, 0) is 52.8 Å². The lowest BCUT2D eigenvalue weighted by Gasteiger charge is -2.23. The first-order valence-corrected chi connectivity index (χ1v) is 29.6. The van der Waals surface area contributed by atoms with Crippen molar-refractivity contribution in [2.75, 3.05) is 20.3 Å². The van der Waals surface area contributed by atoms with Crippen molar-refractivity contribution < 1.29 is 37.9 Å². The topological polar surface area (TPSA) is 73.8 Å². The van der Waals surface area contributed by atoms with Gasteiger partial charge in [-0.3, -0.25) is 0 Å². The minimum atomic E-state index is 0.0417. The summed E-state index contributed by atoms with van der Waals surface area (Å²) in [7, 11) is 1.71. The maximum absolute atomic E-state index is 5.69. The van der Waals surface area contributed by atoms with E-state index in [0.717, 1.165) is 45.0 Å². The Bertz CT molecular complexity index is 1780. The molecular formula is C69H118O8. The number of para-hydroxylation sites is 1. The molecule has 8 nitrogen and oxygen atoms in total. The number of hydrogen-bond acceptors (Lipinski definition) is 8. The minimum absolute atomic E-state index is 0.0417. The second-order valence-corrected chi connectivity index (χ2v) is 22.9. The highest BCUT2D eigenvalue weighted by Crippen LogP contribution is 2.22. The molecule has 442 valence electrons. The van der Waals surface area contributed by atoms with Crippen molar-refractivity contribution >= 4 is 0 Å². The quantitative estimate of drug-likeness (QED) is 0.0976. The van der Waals surface area contributed by atoms with Gasteiger partial charge in [0.25, 0.3) is 0 Å².